The number of carboxylic acids is 2. The fourth-order valence-corrected chi connectivity index (χ4v) is 7.28. The fraction of sp³-hybridized carbons (Fsp3) is 0.0435. The first-order valence-corrected chi connectivity index (χ1v) is 18.4. The molecule has 2 heterocycles. The third-order valence-corrected chi connectivity index (χ3v) is 10.1. The fourth-order valence-electron chi connectivity index (χ4n) is 6.92. The minimum Gasteiger partial charge on any atom is -0.475 e. The van der Waals surface area contributed by atoms with E-state index in [4.69, 9.17) is 23.2 Å². The lowest BCUT2D eigenvalue weighted by molar-refractivity contribution is -0.132. The number of carbonyl (C=O) groups is 4. The van der Waals surface area contributed by atoms with Crippen molar-refractivity contribution in [2.45, 2.75) is 13.1 Å². The van der Waals surface area contributed by atoms with Crippen LogP contribution in [-0.2, 0) is 22.7 Å². The predicted molar refractivity (Wildman–Crippen MR) is 220 cm³/mol. The molecule has 0 amide bonds. The highest BCUT2D eigenvalue weighted by molar-refractivity contribution is 6.43. The Morgan fingerprint density at radius 2 is 0.879 bits per heavy atom. The highest BCUT2D eigenvalue weighted by Crippen LogP contribution is 2.36. The van der Waals surface area contributed by atoms with Crippen LogP contribution in [0, 0.1) is 11.6 Å². The molecule has 0 fully saturated rings. The third kappa shape index (κ3) is 8.02. The van der Waals surface area contributed by atoms with Gasteiger partial charge in [0, 0.05) is 47.4 Å². The van der Waals surface area contributed by atoms with Crippen LogP contribution in [0.1, 0.15) is 31.8 Å². The second-order valence-corrected chi connectivity index (χ2v) is 14.1. The summed E-state index contributed by atoms with van der Waals surface area (Å²) in [6.45, 7) is 0.881. The van der Waals surface area contributed by atoms with Crippen LogP contribution in [0.4, 0.5) is 8.78 Å². The van der Waals surface area contributed by atoms with Crippen LogP contribution in [0.15, 0.2) is 146 Å². The molecule has 0 atom stereocenters. The number of carbonyl (C=O) groups excluding carboxylic acids is 2. The maximum Gasteiger partial charge on any atom is 0.377 e. The summed E-state index contributed by atoms with van der Waals surface area (Å²) in [5, 5.41) is 19.5. The van der Waals surface area contributed by atoms with Gasteiger partial charge in [-0.2, -0.15) is 0 Å². The monoisotopic (exact) mass is 814 g/mol. The first-order valence-electron chi connectivity index (χ1n) is 17.7. The largest absolute Gasteiger partial charge is 0.475 e. The van der Waals surface area contributed by atoms with Gasteiger partial charge in [-0.15, -0.1) is 0 Å². The lowest BCUT2D eigenvalue weighted by atomic mass is 10.0. The summed E-state index contributed by atoms with van der Waals surface area (Å²) in [4.78, 5) is 47.2. The van der Waals surface area contributed by atoms with Crippen molar-refractivity contribution in [3.63, 3.8) is 0 Å². The maximum absolute atomic E-state index is 13.6. The topological polar surface area (TPSA) is 119 Å². The summed E-state index contributed by atoms with van der Waals surface area (Å²) >= 11 is 11.9. The Bertz CT molecular complexity index is 2690. The smallest absolute Gasteiger partial charge is 0.377 e. The number of nitrogens with zero attached hydrogens (tertiary/aromatic N) is 2. The molecule has 8 rings (SSSR count). The number of benzene rings is 6. The van der Waals surface area contributed by atoms with Crippen molar-refractivity contribution in [1.29, 1.82) is 0 Å². The molecule has 0 bridgehead atoms. The average molecular weight is 816 g/mol. The van der Waals surface area contributed by atoms with Crippen LogP contribution in [0.25, 0.3) is 44.1 Å². The minimum atomic E-state index is -1.51. The van der Waals surface area contributed by atoms with E-state index in [2.05, 4.69) is 0 Å². The molecule has 288 valence electrons. The number of para-hydroxylation sites is 2. The van der Waals surface area contributed by atoms with Crippen LogP contribution in [0.5, 0.6) is 0 Å². The third-order valence-electron chi connectivity index (χ3n) is 9.53. The molecule has 58 heavy (non-hydrogen) atoms. The van der Waals surface area contributed by atoms with Gasteiger partial charge in [0.2, 0.25) is 0 Å². The van der Waals surface area contributed by atoms with E-state index in [-0.39, 0.29) is 21.2 Å². The Morgan fingerprint density at radius 3 is 1.22 bits per heavy atom. The zero-order valence-corrected chi connectivity index (χ0v) is 31.7. The van der Waals surface area contributed by atoms with Crippen LogP contribution < -0.4 is 0 Å². The number of hydrogen-bond donors (Lipinski definition) is 2. The van der Waals surface area contributed by atoms with Crippen molar-refractivity contribution in [2.75, 3.05) is 0 Å². The van der Waals surface area contributed by atoms with Crippen LogP contribution in [-0.4, -0.2) is 42.9 Å². The molecule has 0 saturated heterocycles. The van der Waals surface area contributed by atoms with Crippen molar-refractivity contribution < 1.29 is 38.2 Å². The highest BCUT2D eigenvalue weighted by Gasteiger charge is 2.24. The number of fused-ring (bicyclic) bond motifs is 2. The summed E-state index contributed by atoms with van der Waals surface area (Å²) in [6.07, 6.45) is 3.12. The number of hydrogen-bond acceptors (Lipinski definition) is 4. The van der Waals surface area contributed by atoms with E-state index in [0.29, 0.717) is 46.0 Å². The van der Waals surface area contributed by atoms with Crippen molar-refractivity contribution in [3.8, 4) is 22.3 Å². The first-order chi connectivity index (χ1) is 27.9. The van der Waals surface area contributed by atoms with Gasteiger partial charge in [0.15, 0.2) is 0 Å². The van der Waals surface area contributed by atoms with Gasteiger partial charge in [-0.1, -0.05) is 132 Å². The van der Waals surface area contributed by atoms with E-state index in [1.165, 1.54) is 24.3 Å². The molecule has 0 spiro atoms. The Kier molecular flexibility index (Phi) is 11.3. The molecule has 0 aliphatic rings. The number of carboxylic acid groups (broad SMARTS) is 2. The summed E-state index contributed by atoms with van der Waals surface area (Å²) in [6, 6.07) is 38.6. The van der Waals surface area contributed by atoms with Crippen LogP contribution in [0.2, 0.25) is 10.0 Å². The first kappa shape index (κ1) is 39.4. The standard InChI is InChI=1S/2C23H15ClFNO3/c2*24-19-11-15(9-10-20(19)25)16-7-4-8-17-18(22(27)23(28)29)13-26(21(16)17)12-14-5-2-1-3-6-14/h2*1-11,13H,12H2,(H,28,29). The van der Waals surface area contributed by atoms with Gasteiger partial charge < -0.3 is 19.3 Å². The Morgan fingerprint density at radius 1 is 0.500 bits per heavy atom. The van der Waals surface area contributed by atoms with Gasteiger partial charge in [-0.05, 0) is 46.5 Å². The molecule has 0 aliphatic carbocycles. The van der Waals surface area contributed by atoms with Gasteiger partial charge in [0.1, 0.15) is 11.6 Å². The zero-order chi connectivity index (χ0) is 41.1. The van der Waals surface area contributed by atoms with Crippen LogP contribution >= 0.6 is 23.2 Å². The number of rotatable bonds is 10. The molecule has 6 aromatic carbocycles. The van der Waals surface area contributed by atoms with Crippen molar-refractivity contribution in [1.82, 2.24) is 9.13 Å². The molecule has 0 unspecified atom stereocenters. The SMILES string of the molecule is O=C(O)C(=O)c1cn(Cc2ccccc2)c2c(-c3ccc(F)c(Cl)c3)cccc12.O=C(O)C(=O)c1cn(Cc2ccccc2)c2c(-c3ccc(F)c(Cl)c3)cccc12. The molecule has 12 heteroatoms. The van der Waals surface area contributed by atoms with Gasteiger partial charge in [-0.25, -0.2) is 18.4 Å². The molecule has 8 aromatic rings. The normalized spacial score (nSPS) is 11.0. The van der Waals surface area contributed by atoms with E-state index in [1.807, 2.05) is 81.9 Å². The Hall–Kier alpha value is -6.88. The second-order valence-electron chi connectivity index (χ2n) is 13.2. The molecule has 0 radical (unpaired) electrons. The number of aromatic nitrogens is 2. The maximum atomic E-state index is 13.6. The van der Waals surface area contributed by atoms with Gasteiger partial charge >= 0.3 is 11.9 Å². The lowest BCUT2D eigenvalue weighted by Gasteiger charge is -2.11. The summed E-state index contributed by atoms with van der Waals surface area (Å²) < 4.78 is 31.0. The average Bonchev–Trinajstić information content (AvgIpc) is 3.78. The Balaban J connectivity index is 0.000000177. The molecular weight excluding hydrogens is 785 g/mol. The predicted octanol–water partition coefficient (Wildman–Crippen LogP) is 10.8. The summed E-state index contributed by atoms with van der Waals surface area (Å²) in [7, 11) is 0. The van der Waals surface area contributed by atoms with Gasteiger partial charge in [0.25, 0.3) is 11.6 Å². The van der Waals surface area contributed by atoms with E-state index >= 15 is 0 Å². The van der Waals surface area contributed by atoms with E-state index in [0.717, 1.165) is 22.3 Å². The van der Waals surface area contributed by atoms with E-state index < -0.39 is 35.1 Å². The van der Waals surface area contributed by atoms with Gasteiger partial charge in [-0.3, -0.25) is 9.59 Å². The number of halogens is 4. The molecule has 2 aromatic heterocycles. The Labute approximate surface area is 339 Å². The lowest BCUT2D eigenvalue weighted by Crippen LogP contribution is -2.12. The molecule has 0 saturated carbocycles. The highest BCUT2D eigenvalue weighted by atomic mass is 35.5. The van der Waals surface area contributed by atoms with Crippen molar-refractivity contribution in [2.24, 2.45) is 0 Å². The summed E-state index contributed by atoms with van der Waals surface area (Å²) in [5.41, 5.74) is 6.36. The zero-order valence-electron chi connectivity index (χ0n) is 30.2. The quantitative estimate of drug-likeness (QED) is 0.105. The number of aliphatic carboxylic acids is 2. The molecule has 2 N–H and O–H groups in total. The van der Waals surface area contributed by atoms with Gasteiger partial charge in [0.05, 0.1) is 32.2 Å². The molecule has 8 nitrogen and oxygen atoms in total. The van der Waals surface area contributed by atoms with E-state index in [9.17, 15) is 38.2 Å². The number of Topliss-reactive ketones (excluding diaryl/α,β-unsaturated/α-hetero) is 2. The molecular formula is C46H30Cl2F2N2O6. The number of ketones is 2. The molecule has 0 aliphatic heterocycles. The van der Waals surface area contributed by atoms with E-state index in [1.54, 1.807) is 48.8 Å². The second kappa shape index (κ2) is 16.7. The van der Waals surface area contributed by atoms with Crippen LogP contribution in [0.3, 0.4) is 0 Å². The summed E-state index contributed by atoms with van der Waals surface area (Å²) in [5.74, 6) is -6.03. The van der Waals surface area contributed by atoms with Crippen molar-refractivity contribution >= 4 is 68.5 Å². The minimum absolute atomic E-state index is 0.0116. The van der Waals surface area contributed by atoms with Crippen molar-refractivity contribution in [3.05, 3.63) is 190 Å².